The highest BCUT2D eigenvalue weighted by Gasteiger charge is 2.28. The van der Waals surface area contributed by atoms with Crippen molar-refractivity contribution in [2.24, 2.45) is 7.05 Å². The van der Waals surface area contributed by atoms with Gasteiger partial charge in [-0.2, -0.15) is 4.98 Å². The Morgan fingerprint density at radius 1 is 1.19 bits per heavy atom. The van der Waals surface area contributed by atoms with E-state index in [0.29, 0.717) is 23.7 Å². The maximum absolute atomic E-state index is 13.0. The van der Waals surface area contributed by atoms with Crippen LogP contribution in [0.5, 0.6) is 0 Å². The number of aromatic nitrogens is 4. The Morgan fingerprint density at radius 3 is 2.54 bits per heavy atom. The van der Waals surface area contributed by atoms with Crippen molar-refractivity contribution < 1.29 is 0 Å². The third kappa shape index (κ3) is 2.31. The van der Waals surface area contributed by atoms with Crippen molar-refractivity contribution in [3.05, 3.63) is 62.8 Å². The molecule has 1 aliphatic rings. The fourth-order valence-corrected chi connectivity index (χ4v) is 3.46. The molecule has 1 aliphatic heterocycles. The lowest BCUT2D eigenvalue weighted by molar-refractivity contribution is 0.647. The molecule has 0 spiro atoms. The van der Waals surface area contributed by atoms with Gasteiger partial charge in [-0.1, -0.05) is 29.8 Å². The number of benzene rings is 1. The van der Waals surface area contributed by atoms with Crippen LogP contribution in [0.4, 0.5) is 11.6 Å². The maximum atomic E-state index is 13.0. The second kappa shape index (κ2) is 5.72. The van der Waals surface area contributed by atoms with E-state index in [2.05, 4.69) is 28.6 Å². The summed E-state index contributed by atoms with van der Waals surface area (Å²) in [6, 6.07) is 8.19. The molecule has 2 aromatic heterocycles. The Morgan fingerprint density at radius 2 is 1.88 bits per heavy atom. The Hall–Kier alpha value is -3.09. The van der Waals surface area contributed by atoms with E-state index in [1.807, 2.05) is 23.6 Å². The van der Waals surface area contributed by atoms with Crippen LogP contribution < -0.4 is 16.1 Å². The van der Waals surface area contributed by atoms with Gasteiger partial charge in [-0.3, -0.25) is 13.9 Å². The van der Waals surface area contributed by atoms with E-state index in [-0.39, 0.29) is 17.8 Å². The molecular weight excluding hydrogens is 330 g/mol. The van der Waals surface area contributed by atoms with Crippen molar-refractivity contribution in [3.63, 3.8) is 0 Å². The van der Waals surface area contributed by atoms with E-state index in [0.717, 1.165) is 17.8 Å². The van der Waals surface area contributed by atoms with Crippen molar-refractivity contribution >= 4 is 22.8 Å². The van der Waals surface area contributed by atoms with E-state index < -0.39 is 0 Å². The van der Waals surface area contributed by atoms with Crippen LogP contribution in [0.25, 0.3) is 11.2 Å². The number of hydrogen-bond donors (Lipinski definition) is 0. The monoisotopic (exact) mass is 351 g/mol. The second-order valence-corrected chi connectivity index (χ2v) is 6.91. The molecule has 7 heteroatoms. The zero-order chi connectivity index (χ0) is 18.6. The summed E-state index contributed by atoms with van der Waals surface area (Å²) in [5.74, 6) is 0.698. The molecule has 3 aromatic rings. The van der Waals surface area contributed by atoms with Gasteiger partial charge in [0.1, 0.15) is 0 Å². The molecule has 0 radical (unpaired) electrons. The number of imidazole rings is 1. The summed E-state index contributed by atoms with van der Waals surface area (Å²) in [6.07, 6.45) is 0. The fraction of sp³-hybridized carbons (Fsp3) is 0.316. The molecule has 4 rings (SSSR count). The number of anilines is 2. The third-order valence-electron chi connectivity index (χ3n) is 4.77. The Balaban J connectivity index is 1.95. The lowest BCUT2D eigenvalue weighted by atomic mass is 10.2. The molecule has 7 nitrogen and oxygen atoms in total. The van der Waals surface area contributed by atoms with Crippen molar-refractivity contribution in [1.82, 2.24) is 18.7 Å². The van der Waals surface area contributed by atoms with Gasteiger partial charge in [0, 0.05) is 25.8 Å². The van der Waals surface area contributed by atoms with E-state index >= 15 is 0 Å². The molecule has 0 bridgehead atoms. The molecule has 134 valence electrons. The van der Waals surface area contributed by atoms with Crippen LogP contribution >= 0.6 is 0 Å². The van der Waals surface area contributed by atoms with Gasteiger partial charge in [-0.05, 0) is 26.0 Å². The quantitative estimate of drug-likeness (QED) is 0.677. The minimum Gasteiger partial charge on any atom is -0.310 e. The molecule has 0 amide bonds. The van der Waals surface area contributed by atoms with Crippen LogP contribution in [-0.2, 0) is 20.1 Å². The number of allylic oxidation sites excluding steroid dienone is 1. The highest BCUT2D eigenvalue weighted by atomic mass is 16.2. The molecule has 0 unspecified atom stereocenters. The first kappa shape index (κ1) is 16.4. The van der Waals surface area contributed by atoms with Crippen molar-refractivity contribution in [2.75, 3.05) is 11.4 Å². The molecule has 0 aliphatic carbocycles. The molecular formula is C19H21N5O2. The van der Waals surface area contributed by atoms with Crippen LogP contribution in [0, 0.1) is 6.92 Å². The van der Waals surface area contributed by atoms with Gasteiger partial charge in [-0.25, -0.2) is 4.79 Å². The highest BCUT2D eigenvalue weighted by molar-refractivity contribution is 5.77. The standard InChI is InChI=1S/C19H21N5O2/c1-12(2)11-24-17(25)15-16(21(4)19(24)26)20-18-22(9-10-23(15)18)14-7-5-13(3)6-8-14/h5-8H,1,9-11H2,2-4H3. The first-order chi connectivity index (χ1) is 12.4. The molecule has 26 heavy (non-hydrogen) atoms. The summed E-state index contributed by atoms with van der Waals surface area (Å²) in [5, 5.41) is 0. The molecule has 1 aromatic carbocycles. The molecule has 3 heterocycles. The minimum atomic E-state index is -0.371. The summed E-state index contributed by atoms with van der Waals surface area (Å²) in [5.41, 5.74) is 3.18. The van der Waals surface area contributed by atoms with E-state index in [1.54, 1.807) is 14.0 Å². The second-order valence-electron chi connectivity index (χ2n) is 6.91. The van der Waals surface area contributed by atoms with E-state index in [9.17, 15) is 9.59 Å². The highest BCUT2D eigenvalue weighted by Crippen LogP contribution is 2.31. The summed E-state index contributed by atoms with van der Waals surface area (Å²) in [7, 11) is 1.65. The van der Waals surface area contributed by atoms with Crippen molar-refractivity contribution in [3.8, 4) is 0 Å². The SMILES string of the molecule is C=C(C)Cn1c(=O)c2c(nc3n2CCN3c2ccc(C)cc2)n(C)c1=O. The van der Waals surface area contributed by atoms with Crippen molar-refractivity contribution in [1.29, 1.82) is 0 Å². The van der Waals surface area contributed by atoms with Crippen LogP contribution in [0.2, 0.25) is 0 Å². The van der Waals surface area contributed by atoms with Gasteiger partial charge in [0.05, 0.1) is 6.54 Å². The van der Waals surface area contributed by atoms with Gasteiger partial charge in [0.2, 0.25) is 5.95 Å². The zero-order valence-electron chi connectivity index (χ0n) is 15.2. The summed E-state index contributed by atoms with van der Waals surface area (Å²) >= 11 is 0. The predicted octanol–water partition coefficient (Wildman–Crippen LogP) is 1.93. The summed E-state index contributed by atoms with van der Waals surface area (Å²) in [4.78, 5) is 32.3. The largest absolute Gasteiger partial charge is 0.332 e. The van der Waals surface area contributed by atoms with E-state index in [4.69, 9.17) is 0 Å². The predicted molar refractivity (Wildman–Crippen MR) is 102 cm³/mol. The summed E-state index contributed by atoms with van der Waals surface area (Å²) < 4.78 is 4.58. The number of hydrogen-bond acceptors (Lipinski definition) is 4. The molecule has 0 N–H and O–H groups in total. The van der Waals surface area contributed by atoms with Crippen molar-refractivity contribution in [2.45, 2.75) is 26.9 Å². The van der Waals surface area contributed by atoms with Gasteiger partial charge in [0.15, 0.2) is 11.2 Å². The Bertz CT molecular complexity index is 1150. The fourth-order valence-electron chi connectivity index (χ4n) is 3.46. The minimum absolute atomic E-state index is 0.212. The van der Waals surface area contributed by atoms with E-state index in [1.165, 1.54) is 14.7 Å². The molecule has 0 fully saturated rings. The maximum Gasteiger partial charge on any atom is 0.332 e. The van der Waals surface area contributed by atoms with Gasteiger partial charge in [-0.15, -0.1) is 0 Å². The topological polar surface area (TPSA) is 65.1 Å². The van der Waals surface area contributed by atoms with Crippen LogP contribution in [-0.4, -0.2) is 25.2 Å². The first-order valence-electron chi connectivity index (χ1n) is 8.57. The Labute approximate surface area is 150 Å². The number of aryl methyl sites for hydroxylation is 2. The molecule has 0 saturated heterocycles. The number of nitrogens with zero attached hydrogens (tertiary/aromatic N) is 5. The lowest BCUT2D eigenvalue weighted by Gasteiger charge is -2.16. The normalized spacial score (nSPS) is 13.4. The lowest BCUT2D eigenvalue weighted by Crippen LogP contribution is -2.39. The average Bonchev–Trinajstić information content (AvgIpc) is 3.16. The first-order valence-corrected chi connectivity index (χ1v) is 8.57. The third-order valence-corrected chi connectivity index (χ3v) is 4.77. The van der Waals surface area contributed by atoms with Gasteiger partial charge in [0.25, 0.3) is 5.56 Å². The summed E-state index contributed by atoms with van der Waals surface area (Å²) in [6.45, 7) is 9.27. The van der Waals surface area contributed by atoms with Crippen LogP contribution in [0.3, 0.4) is 0 Å². The molecule has 0 saturated carbocycles. The Kier molecular flexibility index (Phi) is 3.61. The molecule has 0 atom stereocenters. The average molecular weight is 351 g/mol. The smallest absolute Gasteiger partial charge is 0.310 e. The zero-order valence-corrected chi connectivity index (χ0v) is 15.2. The number of fused-ring (bicyclic) bond motifs is 3. The van der Waals surface area contributed by atoms with Gasteiger partial charge >= 0.3 is 5.69 Å². The van der Waals surface area contributed by atoms with Crippen LogP contribution in [0.1, 0.15) is 12.5 Å². The number of rotatable bonds is 3. The van der Waals surface area contributed by atoms with Crippen LogP contribution in [0.15, 0.2) is 46.0 Å². The van der Waals surface area contributed by atoms with Gasteiger partial charge < -0.3 is 9.47 Å².